The van der Waals surface area contributed by atoms with Crippen LogP contribution in [-0.4, -0.2) is 78.4 Å². The van der Waals surface area contributed by atoms with Gasteiger partial charge in [-0.2, -0.15) is 0 Å². The van der Waals surface area contributed by atoms with Crippen LogP contribution in [0.3, 0.4) is 0 Å². The summed E-state index contributed by atoms with van der Waals surface area (Å²) in [5.41, 5.74) is 2.72. The molecule has 1 unspecified atom stereocenters. The van der Waals surface area contributed by atoms with E-state index in [-0.39, 0.29) is 35.8 Å². The van der Waals surface area contributed by atoms with E-state index < -0.39 is 4.92 Å². The molecule has 3 heterocycles. The van der Waals surface area contributed by atoms with E-state index in [0.717, 1.165) is 30.6 Å². The second-order valence-electron chi connectivity index (χ2n) is 8.96. The van der Waals surface area contributed by atoms with E-state index in [1.165, 1.54) is 17.0 Å². The molecule has 0 saturated carbocycles. The lowest BCUT2D eigenvalue weighted by atomic mass is 10.0. The fourth-order valence-corrected chi connectivity index (χ4v) is 5.01. The van der Waals surface area contributed by atoms with Gasteiger partial charge in [0.2, 0.25) is 0 Å². The first-order chi connectivity index (χ1) is 17.4. The number of aromatic nitrogens is 1. The minimum atomic E-state index is -0.479. The summed E-state index contributed by atoms with van der Waals surface area (Å²) < 4.78 is 5.34. The Morgan fingerprint density at radius 2 is 1.95 bits per heavy atom. The summed E-state index contributed by atoms with van der Waals surface area (Å²) in [7, 11) is 0. The maximum Gasteiger partial charge on any atom is 0.274 e. The number of morpholine rings is 1. The smallest absolute Gasteiger partial charge is 0.274 e. The lowest BCUT2D eigenvalue weighted by Crippen LogP contribution is -2.41. The molecule has 1 aromatic heterocycles. The Bertz CT molecular complexity index is 1320. The summed E-state index contributed by atoms with van der Waals surface area (Å²) in [5.74, 6) is -0.301. The van der Waals surface area contributed by atoms with E-state index in [1.807, 2.05) is 0 Å². The molecule has 2 aliphatic rings. The van der Waals surface area contributed by atoms with Gasteiger partial charge in [-0.3, -0.25) is 24.6 Å². The van der Waals surface area contributed by atoms with Crippen LogP contribution in [0.1, 0.15) is 32.3 Å². The average molecular weight is 548 g/mol. The average Bonchev–Trinajstić information content (AvgIpc) is 3.49. The molecule has 0 spiro atoms. The van der Waals surface area contributed by atoms with Gasteiger partial charge < -0.3 is 19.9 Å². The predicted molar refractivity (Wildman–Crippen MR) is 143 cm³/mol. The number of rotatable bonds is 7. The Morgan fingerprint density at radius 3 is 2.68 bits per heavy atom. The van der Waals surface area contributed by atoms with Crippen molar-refractivity contribution in [1.82, 2.24) is 15.2 Å². The van der Waals surface area contributed by atoms with Gasteiger partial charge >= 0.3 is 0 Å². The van der Waals surface area contributed by atoms with E-state index >= 15 is 0 Å². The number of hydrogen-bond acceptors (Lipinski definition) is 6. The maximum atomic E-state index is 13.4. The van der Waals surface area contributed by atoms with Gasteiger partial charge in [-0.25, -0.2) is 0 Å². The Kier molecular flexibility index (Phi) is 8.33. The highest BCUT2D eigenvalue weighted by molar-refractivity contribution is 6.19. The van der Waals surface area contributed by atoms with Crippen molar-refractivity contribution in [1.29, 1.82) is 0 Å². The zero-order valence-corrected chi connectivity index (χ0v) is 21.5. The number of ether oxygens (including phenoxy) is 1. The van der Waals surface area contributed by atoms with Crippen molar-refractivity contribution in [2.24, 2.45) is 0 Å². The molecule has 5 rings (SSSR count). The van der Waals surface area contributed by atoms with E-state index in [0.29, 0.717) is 54.6 Å². The van der Waals surface area contributed by atoms with Crippen LogP contribution in [0.25, 0.3) is 10.9 Å². The number of non-ortho nitro benzene ring substituents is 1. The summed E-state index contributed by atoms with van der Waals surface area (Å²) in [6.45, 7) is 4.79. The number of amides is 2. The summed E-state index contributed by atoms with van der Waals surface area (Å²) >= 11 is 6.12. The number of carbonyl (C=O) groups excluding carboxylic acids is 2. The number of alkyl halides is 1. The number of nitrogens with one attached hydrogen (secondary N) is 2. The Balaban J connectivity index is 0.00000320. The molecular formula is C25H27Cl2N5O5. The van der Waals surface area contributed by atoms with Gasteiger partial charge in [0.15, 0.2) is 0 Å². The molecule has 2 amide bonds. The molecule has 2 N–H and O–H groups in total. The number of nitro benzene ring substituents is 1. The van der Waals surface area contributed by atoms with Crippen LogP contribution in [0.4, 0.5) is 11.4 Å². The zero-order chi connectivity index (χ0) is 25.2. The molecule has 2 aromatic carbocycles. The molecule has 12 heteroatoms. The van der Waals surface area contributed by atoms with Gasteiger partial charge in [0.05, 0.1) is 23.8 Å². The summed E-state index contributed by atoms with van der Waals surface area (Å²) in [6, 6.07) is 11.5. The molecule has 0 bridgehead atoms. The van der Waals surface area contributed by atoms with Crippen molar-refractivity contribution in [3.63, 3.8) is 0 Å². The lowest BCUT2D eigenvalue weighted by Gasteiger charge is -2.26. The van der Waals surface area contributed by atoms with Gasteiger partial charge in [0, 0.05) is 73.1 Å². The third kappa shape index (κ3) is 5.57. The number of fused-ring (bicyclic) bond motifs is 2. The normalized spacial score (nSPS) is 17.3. The molecule has 1 saturated heterocycles. The molecule has 0 aliphatic carbocycles. The molecule has 3 aromatic rings. The number of hydrogen-bond donors (Lipinski definition) is 2. The molecule has 37 heavy (non-hydrogen) atoms. The molecule has 1 fully saturated rings. The highest BCUT2D eigenvalue weighted by Gasteiger charge is 2.34. The lowest BCUT2D eigenvalue weighted by molar-refractivity contribution is -0.384. The van der Waals surface area contributed by atoms with E-state index in [1.54, 1.807) is 30.3 Å². The van der Waals surface area contributed by atoms with E-state index in [2.05, 4.69) is 15.2 Å². The summed E-state index contributed by atoms with van der Waals surface area (Å²) in [5, 5.41) is 15.0. The van der Waals surface area contributed by atoms with Crippen molar-refractivity contribution in [2.75, 3.05) is 56.7 Å². The van der Waals surface area contributed by atoms with Crippen LogP contribution in [-0.2, 0) is 4.74 Å². The number of aromatic amines is 1. The Morgan fingerprint density at radius 1 is 1.16 bits per heavy atom. The molecule has 2 aliphatic heterocycles. The number of halogens is 2. The zero-order valence-electron chi connectivity index (χ0n) is 19.9. The monoisotopic (exact) mass is 547 g/mol. The highest BCUT2D eigenvalue weighted by atomic mass is 35.5. The van der Waals surface area contributed by atoms with Crippen LogP contribution >= 0.6 is 24.0 Å². The molecule has 0 radical (unpaired) electrons. The van der Waals surface area contributed by atoms with Gasteiger partial charge in [-0.1, -0.05) is 6.07 Å². The standard InChI is InChI=1S/C25H26ClN5O5.ClH/c26-14-18-15-30(23-13-19(31(34)35)3-4-20(18)23)25(33)22-11-16-1-2-17(12-21(16)28-22)24(32)27-5-6-29-7-9-36-10-8-29;/h1-4,11-13,18,28H,5-10,14-15H2,(H,27,32);1H. The second-order valence-corrected chi connectivity index (χ2v) is 9.27. The summed E-state index contributed by atoms with van der Waals surface area (Å²) in [6.07, 6.45) is 0. The Labute approximate surface area is 224 Å². The topological polar surface area (TPSA) is 121 Å². The van der Waals surface area contributed by atoms with Crippen LogP contribution in [0.5, 0.6) is 0 Å². The first-order valence-electron chi connectivity index (χ1n) is 11.8. The predicted octanol–water partition coefficient (Wildman–Crippen LogP) is 3.54. The van der Waals surface area contributed by atoms with Crippen LogP contribution in [0.15, 0.2) is 42.5 Å². The molecular weight excluding hydrogens is 521 g/mol. The third-order valence-corrected chi connectivity index (χ3v) is 7.09. The van der Waals surface area contributed by atoms with Crippen molar-refractivity contribution in [3.8, 4) is 0 Å². The van der Waals surface area contributed by atoms with E-state index in [4.69, 9.17) is 16.3 Å². The number of carbonyl (C=O) groups is 2. The SMILES string of the molecule is Cl.O=C(NCCN1CCOCC1)c1ccc2cc(C(=O)N3CC(CCl)c4ccc([N+](=O)[O-])cc43)[nH]c2c1. The fraction of sp³-hybridized carbons (Fsp3) is 0.360. The summed E-state index contributed by atoms with van der Waals surface area (Å²) in [4.78, 5) is 43.8. The van der Waals surface area contributed by atoms with Crippen LogP contribution < -0.4 is 10.2 Å². The van der Waals surface area contributed by atoms with Crippen LogP contribution in [0.2, 0.25) is 0 Å². The first-order valence-corrected chi connectivity index (χ1v) is 12.4. The number of H-pyrrole nitrogens is 1. The highest BCUT2D eigenvalue weighted by Crippen LogP contribution is 2.40. The van der Waals surface area contributed by atoms with Gasteiger partial charge in [0.25, 0.3) is 17.5 Å². The largest absolute Gasteiger partial charge is 0.379 e. The quantitative estimate of drug-likeness (QED) is 0.265. The van der Waals surface area contributed by atoms with Crippen molar-refractivity contribution in [3.05, 3.63) is 69.4 Å². The third-order valence-electron chi connectivity index (χ3n) is 6.72. The fourth-order valence-electron chi connectivity index (χ4n) is 4.75. The minimum absolute atomic E-state index is 0. The van der Waals surface area contributed by atoms with Crippen LogP contribution in [0, 0.1) is 10.1 Å². The molecule has 1 atom stereocenters. The van der Waals surface area contributed by atoms with Gasteiger partial charge in [-0.15, -0.1) is 24.0 Å². The van der Waals surface area contributed by atoms with E-state index in [9.17, 15) is 19.7 Å². The Hall–Kier alpha value is -3.18. The number of nitrogens with zero attached hydrogens (tertiary/aromatic N) is 3. The number of benzene rings is 2. The van der Waals surface area contributed by atoms with Crippen molar-refractivity contribution >= 4 is 58.1 Å². The minimum Gasteiger partial charge on any atom is -0.379 e. The second kappa shape index (κ2) is 11.5. The maximum absolute atomic E-state index is 13.4. The molecule has 196 valence electrons. The van der Waals surface area contributed by atoms with Gasteiger partial charge in [-0.05, 0) is 29.8 Å². The van der Waals surface area contributed by atoms with Gasteiger partial charge in [0.1, 0.15) is 5.69 Å². The first kappa shape index (κ1) is 26.9. The number of nitro groups is 1. The number of anilines is 1. The van der Waals surface area contributed by atoms with Crippen molar-refractivity contribution < 1.29 is 19.2 Å². The molecule has 10 nitrogen and oxygen atoms in total. The van der Waals surface area contributed by atoms with Crippen molar-refractivity contribution in [2.45, 2.75) is 5.92 Å².